The van der Waals surface area contributed by atoms with Gasteiger partial charge in [-0.1, -0.05) is 42.5 Å². The van der Waals surface area contributed by atoms with Crippen LogP contribution in [0.15, 0.2) is 54.6 Å². The molecule has 5 heteroatoms. The van der Waals surface area contributed by atoms with E-state index in [4.69, 9.17) is 0 Å². The average molecular weight is 283 g/mol. The molecule has 2 aromatic rings. The van der Waals surface area contributed by atoms with Crippen molar-refractivity contribution < 1.29 is 14.6 Å². The number of nitrogens with one attached hydrogen (secondary N) is 1. The predicted octanol–water partition coefficient (Wildman–Crippen LogP) is 1.42. The highest BCUT2D eigenvalue weighted by atomic mass is 16.6. The smallest absolute Gasteiger partial charge is 0.269 e. The maximum Gasteiger partial charge on any atom is 0.269 e. The maximum absolute atomic E-state index is 12.5. The van der Waals surface area contributed by atoms with Crippen LogP contribution in [-0.2, 0) is 0 Å². The number of carbonyl (C=O) groups is 1. The second-order valence-corrected chi connectivity index (χ2v) is 5.28. The lowest BCUT2D eigenvalue weighted by atomic mass is 10.0. The van der Waals surface area contributed by atoms with Gasteiger partial charge in [0.2, 0.25) is 11.8 Å². The molecule has 1 aliphatic heterocycles. The van der Waals surface area contributed by atoms with Crippen LogP contribution >= 0.6 is 0 Å². The van der Waals surface area contributed by atoms with Crippen molar-refractivity contribution in [2.75, 3.05) is 7.05 Å². The predicted molar refractivity (Wildman–Crippen MR) is 77.3 cm³/mol. The Morgan fingerprint density at radius 1 is 1.14 bits per heavy atom. The maximum atomic E-state index is 12.5. The molecule has 1 saturated heterocycles. The number of hydrogen-bond donors (Lipinski definition) is 1. The number of likely N-dealkylation sites (N-methyl/N-ethyl adjacent to an activating group) is 1. The number of hydrogen-bond acceptors (Lipinski definition) is 3. The van der Waals surface area contributed by atoms with Crippen molar-refractivity contribution >= 4 is 11.5 Å². The zero-order valence-electron chi connectivity index (χ0n) is 11.5. The van der Waals surface area contributed by atoms with Crippen LogP contribution in [0.4, 0.5) is 5.69 Å². The number of Topliss-reactive ketones (excluding diaryl/α,β-unsaturated/α-hetero) is 1. The minimum Gasteiger partial charge on any atom is -0.312 e. The van der Waals surface area contributed by atoms with Crippen molar-refractivity contribution in [1.82, 2.24) is 0 Å². The standard InChI is InChI=1S/C16H14N2O3/c1-17-14(12-8-5-9-13(10-12)18(20)21)15(17)16(19)11-6-3-2-4-7-11/h2-10,14-15H,1H3/p+1/t14-,15-,17?/m0/s1. The van der Waals surface area contributed by atoms with Gasteiger partial charge in [0, 0.05) is 23.3 Å². The van der Waals surface area contributed by atoms with Gasteiger partial charge in [0.25, 0.3) is 5.69 Å². The molecule has 106 valence electrons. The van der Waals surface area contributed by atoms with Gasteiger partial charge in [0.1, 0.15) is 0 Å². The second-order valence-electron chi connectivity index (χ2n) is 5.28. The SMILES string of the molecule is C[NH+]1[C@H](C(=O)c2ccccc2)[C@@H]1c1cccc([N+](=O)[O-])c1. The Kier molecular flexibility index (Phi) is 3.27. The van der Waals surface area contributed by atoms with E-state index in [2.05, 4.69) is 0 Å². The van der Waals surface area contributed by atoms with Crippen LogP contribution in [0.1, 0.15) is 22.0 Å². The monoisotopic (exact) mass is 283 g/mol. The molecule has 1 N–H and O–H groups in total. The van der Waals surface area contributed by atoms with Gasteiger partial charge < -0.3 is 4.90 Å². The number of benzene rings is 2. The first-order valence-electron chi connectivity index (χ1n) is 6.76. The van der Waals surface area contributed by atoms with Crippen molar-refractivity contribution in [3.63, 3.8) is 0 Å². The van der Waals surface area contributed by atoms with E-state index in [1.165, 1.54) is 6.07 Å². The van der Waals surface area contributed by atoms with Gasteiger partial charge in [-0.2, -0.15) is 0 Å². The van der Waals surface area contributed by atoms with Crippen LogP contribution in [0.5, 0.6) is 0 Å². The minimum atomic E-state index is -0.408. The summed E-state index contributed by atoms with van der Waals surface area (Å²) in [4.78, 5) is 24.0. The molecular formula is C16H15N2O3+. The number of non-ortho nitro benzene ring substituents is 1. The highest BCUT2D eigenvalue weighted by molar-refractivity contribution is 6.00. The lowest BCUT2D eigenvalue weighted by Crippen LogP contribution is -2.91. The van der Waals surface area contributed by atoms with Crippen LogP contribution in [0.2, 0.25) is 0 Å². The third-order valence-corrected chi connectivity index (χ3v) is 3.99. The second kappa shape index (κ2) is 5.10. The lowest BCUT2D eigenvalue weighted by molar-refractivity contribution is -0.762. The van der Waals surface area contributed by atoms with Gasteiger partial charge in [0.15, 0.2) is 6.04 Å². The van der Waals surface area contributed by atoms with Gasteiger partial charge in [-0.25, -0.2) is 0 Å². The van der Waals surface area contributed by atoms with Crippen molar-refractivity contribution in [2.45, 2.75) is 12.1 Å². The Morgan fingerprint density at radius 2 is 1.86 bits per heavy atom. The van der Waals surface area contributed by atoms with Crippen LogP contribution in [0.25, 0.3) is 0 Å². The highest BCUT2D eigenvalue weighted by Gasteiger charge is 2.57. The molecule has 0 saturated carbocycles. The van der Waals surface area contributed by atoms with E-state index >= 15 is 0 Å². The normalized spacial score (nSPS) is 23.6. The van der Waals surface area contributed by atoms with Gasteiger partial charge in [-0.3, -0.25) is 14.9 Å². The summed E-state index contributed by atoms with van der Waals surface area (Å²) in [5.74, 6) is 0.0876. The molecule has 5 nitrogen and oxygen atoms in total. The Morgan fingerprint density at radius 3 is 2.52 bits per heavy atom. The van der Waals surface area contributed by atoms with Gasteiger partial charge in [-0.15, -0.1) is 0 Å². The van der Waals surface area contributed by atoms with Crippen LogP contribution < -0.4 is 4.90 Å². The summed E-state index contributed by atoms with van der Waals surface area (Å²) < 4.78 is 0. The van der Waals surface area contributed by atoms with E-state index in [1.807, 2.05) is 31.3 Å². The first-order valence-corrected chi connectivity index (χ1v) is 6.76. The number of quaternary nitrogens is 1. The number of carbonyl (C=O) groups excluding carboxylic acids is 1. The molecule has 3 atom stereocenters. The van der Waals surface area contributed by atoms with E-state index in [-0.39, 0.29) is 23.6 Å². The van der Waals surface area contributed by atoms with Gasteiger partial charge in [-0.05, 0) is 0 Å². The molecule has 0 amide bonds. The van der Waals surface area contributed by atoms with Crippen molar-refractivity contribution in [1.29, 1.82) is 0 Å². The van der Waals surface area contributed by atoms with E-state index in [9.17, 15) is 14.9 Å². The van der Waals surface area contributed by atoms with E-state index < -0.39 is 4.92 Å². The first kappa shape index (κ1) is 13.5. The third kappa shape index (κ3) is 2.43. The molecule has 0 radical (unpaired) electrons. The summed E-state index contributed by atoms with van der Waals surface area (Å²) in [6.45, 7) is 0. The van der Waals surface area contributed by atoms with Crippen molar-refractivity contribution in [3.8, 4) is 0 Å². The fourth-order valence-electron chi connectivity index (χ4n) is 2.82. The summed E-state index contributed by atoms with van der Waals surface area (Å²) in [5.41, 5.74) is 1.60. The Labute approximate surface area is 122 Å². The molecule has 1 fully saturated rings. The molecule has 2 aromatic carbocycles. The van der Waals surface area contributed by atoms with Crippen molar-refractivity contribution in [3.05, 3.63) is 75.8 Å². The molecular weight excluding hydrogens is 268 g/mol. The molecule has 0 bridgehead atoms. The summed E-state index contributed by atoms with van der Waals surface area (Å²) >= 11 is 0. The lowest BCUT2D eigenvalue weighted by Gasteiger charge is -1.96. The van der Waals surface area contributed by atoms with Crippen LogP contribution in [0.3, 0.4) is 0 Å². The molecule has 1 heterocycles. The average Bonchev–Trinajstić information content (AvgIpc) is 3.18. The Balaban J connectivity index is 1.84. The number of nitro benzene ring substituents is 1. The Bertz CT molecular complexity index is 700. The fraction of sp³-hybridized carbons (Fsp3) is 0.188. The summed E-state index contributed by atoms with van der Waals surface area (Å²) in [5, 5.41) is 10.8. The summed E-state index contributed by atoms with van der Waals surface area (Å²) in [6, 6.07) is 15.5. The third-order valence-electron chi connectivity index (χ3n) is 3.99. The zero-order valence-corrected chi connectivity index (χ0v) is 11.5. The number of nitrogens with zero attached hydrogens (tertiary/aromatic N) is 1. The molecule has 0 aliphatic carbocycles. The van der Waals surface area contributed by atoms with E-state index in [1.54, 1.807) is 24.3 Å². The molecule has 21 heavy (non-hydrogen) atoms. The molecule has 3 rings (SSSR count). The van der Waals surface area contributed by atoms with Gasteiger partial charge >= 0.3 is 0 Å². The van der Waals surface area contributed by atoms with Gasteiger partial charge in [0.05, 0.1) is 12.0 Å². The Hall–Kier alpha value is -2.53. The number of rotatable bonds is 4. The highest BCUT2D eigenvalue weighted by Crippen LogP contribution is 2.27. The minimum absolute atomic E-state index is 0.00222. The summed E-state index contributed by atoms with van der Waals surface area (Å²) in [6.07, 6.45) is 0. The topological polar surface area (TPSA) is 64.7 Å². The molecule has 0 aromatic heterocycles. The molecule has 0 spiro atoms. The summed E-state index contributed by atoms with van der Waals surface area (Å²) in [7, 11) is 1.94. The first-order chi connectivity index (χ1) is 10.1. The van der Waals surface area contributed by atoms with Crippen LogP contribution in [-0.4, -0.2) is 23.8 Å². The molecule has 1 aliphatic rings. The quantitative estimate of drug-likeness (QED) is 0.399. The number of ketones is 1. The zero-order chi connectivity index (χ0) is 15.0. The van der Waals surface area contributed by atoms with Crippen molar-refractivity contribution in [2.24, 2.45) is 0 Å². The van der Waals surface area contributed by atoms with Crippen LogP contribution in [0, 0.1) is 10.1 Å². The van der Waals surface area contributed by atoms with E-state index in [0.29, 0.717) is 5.56 Å². The largest absolute Gasteiger partial charge is 0.312 e. The van der Waals surface area contributed by atoms with E-state index in [0.717, 1.165) is 10.5 Å². The molecule has 1 unspecified atom stereocenters. The fourth-order valence-corrected chi connectivity index (χ4v) is 2.82. The number of nitro groups is 1.